The van der Waals surface area contributed by atoms with E-state index in [2.05, 4.69) is 34.5 Å². The third-order valence-electron chi connectivity index (χ3n) is 5.80. The van der Waals surface area contributed by atoms with Gasteiger partial charge in [0.05, 0.1) is 18.3 Å². The van der Waals surface area contributed by atoms with E-state index in [0.717, 1.165) is 24.8 Å². The molecule has 0 fully saturated rings. The Labute approximate surface area is 188 Å². The van der Waals surface area contributed by atoms with Gasteiger partial charge in [-0.05, 0) is 62.4 Å². The summed E-state index contributed by atoms with van der Waals surface area (Å²) in [7, 11) is 0. The fourth-order valence-electron chi connectivity index (χ4n) is 4.18. The molecule has 7 nitrogen and oxygen atoms in total. The Morgan fingerprint density at radius 3 is 2.88 bits per heavy atom. The Morgan fingerprint density at radius 2 is 2.16 bits per heavy atom. The molecule has 0 saturated heterocycles. The number of fused-ring (bicyclic) bond motifs is 1. The minimum Gasteiger partial charge on any atom is -0.490 e. The summed E-state index contributed by atoms with van der Waals surface area (Å²) in [6.45, 7) is 6.04. The summed E-state index contributed by atoms with van der Waals surface area (Å²) in [5, 5.41) is 26.8. The molecule has 0 aliphatic heterocycles. The van der Waals surface area contributed by atoms with Gasteiger partial charge in [0.25, 0.3) is 5.89 Å². The Balaban J connectivity index is 1.62. The van der Waals surface area contributed by atoms with Gasteiger partial charge in [-0.3, -0.25) is 0 Å². The topological polar surface area (TPSA) is 104 Å². The van der Waals surface area contributed by atoms with Crippen LogP contribution >= 0.6 is 0 Å². The molecule has 166 valence electrons. The van der Waals surface area contributed by atoms with E-state index in [4.69, 9.17) is 9.26 Å². The molecule has 0 bridgehead atoms. The van der Waals surface area contributed by atoms with Crippen molar-refractivity contribution in [3.05, 3.63) is 53.1 Å². The Hall–Kier alpha value is -3.21. The Morgan fingerprint density at radius 1 is 1.31 bits per heavy atom. The second-order valence-corrected chi connectivity index (χ2v) is 8.33. The second-order valence-electron chi connectivity index (χ2n) is 8.33. The van der Waals surface area contributed by atoms with Crippen LogP contribution in [0.15, 0.2) is 40.9 Å². The highest BCUT2D eigenvalue weighted by molar-refractivity contribution is 5.67. The molecule has 7 heteroatoms. The summed E-state index contributed by atoms with van der Waals surface area (Å²) in [5.74, 6) is 1.44. The van der Waals surface area contributed by atoms with Gasteiger partial charge in [0.15, 0.2) is 0 Å². The number of nitriles is 1. The average Bonchev–Trinajstić information content (AvgIpc) is 3.45. The van der Waals surface area contributed by atoms with Crippen LogP contribution in [0.4, 0.5) is 0 Å². The van der Waals surface area contributed by atoms with Crippen LogP contribution in [0, 0.1) is 11.3 Å². The third-order valence-corrected chi connectivity index (χ3v) is 5.80. The van der Waals surface area contributed by atoms with Gasteiger partial charge < -0.3 is 19.7 Å². The van der Waals surface area contributed by atoms with Crippen molar-refractivity contribution in [1.29, 1.82) is 5.26 Å². The van der Waals surface area contributed by atoms with Crippen molar-refractivity contribution >= 4 is 0 Å². The van der Waals surface area contributed by atoms with E-state index in [0.29, 0.717) is 28.6 Å². The van der Waals surface area contributed by atoms with Gasteiger partial charge in [0, 0.05) is 23.2 Å². The minimum absolute atomic E-state index is 0.0218. The van der Waals surface area contributed by atoms with Gasteiger partial charge in [-0.1, -0.05) is 30.3 Å². The molecule has 2 unspecified atom stereocenters. The van der Waals surface area contributed by atoms with Crippen molar-refractivity contribution in [2.75, 3.05) is 6.61 Å². The van der Waals surface area contributed by atoms with Gasteiger partial charge in [-0.25, -0.2) is 0 Å². The molecule has 1 aromatic heterocycles. The summed E-state index contributed by atoms with van der Waals surface area (Å²) in [5.41, 5.74) is 4.50. The zero-order chi connectivity index (χ0) is 22.7. The predicted octanol–water partition coefficient (Wildman–Crippen LogP) is 4.41. The van der Waals surface area contributed by atoms with E-state index < -0.39 is 0 Å². The van der Waals surface area contributed by atoms with E-state index in [-0.39, 0.29) is 24.8 Å². The fourth-order valence-corrected chi connectivity index (χ4v) is 4.18. The number of benzene rings is 2. The number of aromatic nitrogens is 2. The lowest BCUT2D eigenvalue weighted by molar-refractivity contribution is 0.227. The Bertz CT molecular complexity index is 1130. The van der Waals surface area contributed by atoms with Gasteiger partial charge in [0.2, 0.25) is 5.82 Å². The summed E-state index contributed by atoms with van der Waals surface area (Å²) in [6.07, 6.45) is 2.74. The van der Waals surface area contributed by atoms with Crippen molar-refractivity contribution in [1.82, 2.24) is 15.5 Å². The lowest BCUT2D eigenvalue weighted by Crippen LogP contribution is -2.34. The standard InChI is InChI=1S/C25H28N4O3/c1-4-18(14-30)27-22-10-9-19-20(22)6-5-7-21(19)24-28-25(32-29-24)16-8-11-23(31-15(2)3)17(12-16)13-26/h5-8,11-12,15,18,22,27,30H,4,9-10,14H2,1-3H3. The van der Waals surface area contributed by atoms with Crippen LogP contribution in [-0.2, 0) is 6.42 Å². The van der Waals surface area contributed by atoms with Crippen LogP contribution in [0.5, 0.6) is 5.75 Å². The number of ether oxygens (including phenoxy) is 1. The van der Waals surface area contributed by atoms with Crippen molar-refractivity contribution in [3.63, 3.8) is 0 Å². The zero-order valence-corrected chi connectivity index (χ0v) is 18.6. The first kappa shape index (κ1) is 22.0. The molecule has 3 aromatic rings. The minimum atomic E-state index is -0.0218. The number of rotatable bonds is 8. The first-order valence-electron chi connectivity index (χ1n) is 11.1. The highest BCUT2D eigenvalue weighted by Gasteiger charge is 2.27. The molecule has 2 N–H and O–H groups in total. The maximum absolute atomic E-state index is 9.55. The Kier molecular flexibility index (Phi) is 6.54. The molecule has 1 heterocycles. The molecule has 0 spiro atoms. The van der Waals surface area contributed by atoms with Crippen molar-refractivity contribution in [2.45, 2.75) is 58.2 Å². The molecule has 1 aliphatic carbocycles. The van der Waals surface area contributed by atoms with Crippen LogP contribution < -0.4 is 10.1 Å². The molecular formula is C25H28N4O3. The molecule has 1 aliphatic rings. The first-order chi connectivity index (χ1) is 15.5. The average molecular weight is 433 g/mol. The highest BCUT2D eigenvalue weighted by atomic mass is 16.5. The maximum Gasteiger partial charge on any atom is 0.258 e. The summed E-state index contributed by atoms with van der Waals surface area (Å²) >= 11 is 0. The predicted molar refractivity (Wildman–Crippen MR) is 121 cm³/mol. The highest BCUT2D eigenvalue weighted by Crippen LogP contribution is 2.38. The van der Waals surface area contributed by atoms with Gasteiger partial charge in [-0.2, -0.15) is 10.2 Å². The van der Waals surface area contributed by atoms with E-state index in [1.807, 2.05) is 32.0 Å². The van der Waals surface area contributed by atoms with Gasteiger partial charge in [-0.15, -0.1) is 0 Å². The van der Waals surface area contributed by atoms with E-state index in [1.54, 1.807) is 12.1 Å². The van der Waals surface area contributed by atoms with Crippen molar-refractivity contribution < 1.29 is 14.4 Å². The summed E-state index contributed by atoms with van der Waals surface area (Å²) in [6, 6.07) is 13.9. The molecule has 2 atom stereocenters. The normalized spacial score (nSPS) is 16.1. The smallest absolute Gasteiger partial charge is 0.258 e. The van der Waals surface area contributed by atoms with Crippen molar-refractivity contribution in [2.24, 2.45) is 0 Å². The summed E-state index contributed by atoms with van der Waals surface area (Å²) in [4.78, 5) is 4.62. The monoisotopic (exact) mass is 432 g/mol. The molecule has 4 rings (SSSR count). The number of hydrogen-bond donors (Lipinski definition) is 2. The maximum atomic E-state index is 9.55. The third kappa shape index (κ3) is 4.38. The molecule has 32 heavy (non-hydrogen) atoms. The largest absolute Gasteiger partial charge is 0.490 e. The number of aliphatic hydroxyl groups excluding tert-OH is 1. The lowest BCUT2D eigenvalue weighted by Gasteiger charge is -2.21. The molecule has 0 amide bonds. The van der Waals surface area contributed by atoms with Crippen LogP contribution in [0.2, 0.25) is 0 Å². The second kappa shape index (κ2) is 9.51. The first-order valence-corrected chi connectivity index (χ1v) is 11.1. The summed E-state index contributed by atoms with van der Waals surface area (Å²) < 4.78 is 11.2. The van der Waals surface area contributed by atoms with Crippen LogP contribution in [0.25, 0.3) is 22.8 Å². The quantitative estimate of drug-likeness (QED) is 0.543. The van der Waals surface area contributed by atoms with Gasteiger partial charge >= 0.3 is 0 Å². The van der Waals surface area contributed by atoms with Gasteiger partial charge in [0.1, 0.15) is 11.8 Å². The molecule has 0 radical (unpaired) electrons. The number of nitrogens with one attached hydrogen (secondary N) is 1. The van der Waals surface area contributed by atoms with Crippen molar-refractivity contribution in [3.8, 4) is 34.7 Å². The lowest BCUT2D eigenvalue weighted by atomic mass is 10.0. The van der Waals surface area contributed by atoms with Crippen LogP contribution in [0.1, 0.15) is 56.3 Å². The van der Waals surface area contributed by atoms with Crippen LogP contribution in [0.3, 0.4) is 0 Å². The molecular weight excluding hydrogens is 404 g/mol. The number of hydrogen-bond acceptors (Lipinski definition) is 7. The zero-order valence-electron chi connectivity index (χ0n) is 18.6. The number of nitrogens with zero attached hydrogens (tertiary/aromatic N) is 3. The van der Waals surface area contributed by atoms with Crippen LogP contribution in [-0.4, -0.2) is 34.0 Å². The van der Waals surface area contributed by atoms with E-state index in [9.17, 15) is 10.4 Å². The molecule has 2 aromatic carbocycles. The van der Waals surface area contributed by atoms with E-state index in [1.165, 1.54) is 11.1 Å². The number of aliphatic hydroxyl groups is 1. The molecule has 0 saturated carbocycles. The van der Waals surface area contributed by atoms with E-state index >= 15 is 0 Å². The SMILES string of the molecule is CCC(CO)NC1CCc2c(-c3noc(-c4ccc(OC(C)C)c(C#N)c4)n3)cccc21. The fraction of sp³-hybridized carbons (Fsp3) is 0.400.